The summed E-state index contributed by atoms with van der Waals surface area (Å²) in [7, 11) is 0. The summed E-state index contributed by atoms with van der Waals surface area (Å²) in [5.74, 6) is 1.24. The molecule has 3 rings (SSSR count). The molecule has 1 aromatic rings. The lowest BCUT2D eigenvalue weighted by atomic mass is 9.89. The number of rotatable bonds is 1. The highest BCUT2D eigenvalue weighted by molar-refractivity contribution is 8.06. The largest absolute Gasteiger partial charge is 0.312 e. The quantitative estimate of drug-likeness (QED) is 0.769. The van der Waals surface area contributed by atoms with E-state index < -0.39 is 0 Å². The summed E-state index contributed by atoms with van der Waals surface area (Å²) in [5, 5.41) is 12.6. The van der Waals surface area contributed by atoms with E-state index in [0.717, 1.165) is 0 Å². The van der Waals surface area contributed by atoms with Crippen LogP contribution in [0, 0.1) is 0 Å². The number of thioether (sulfide) groups is 1. The molecular weight excluding hydrogens is 230 g/mol. The number of hydroxylamine groups is 2. The Kier molecular flexibility index (Phi) is 2.23. The molecule has 2 aliphatic heterocycles. The topological polar surface area (TPSA) is 23.5 Å². The summed E-state index contributed by atoms with van der Waals surface area (Å²) in [6.07, 6.45) is 0. The van der Waals surface area contributed by atoms with E-state index in [9.17, 15) is 5.21 Å². The summed E-state index contributed by atoms with van der Waals surface area (Å²) >= 11 is 1.99. The van der Waals surface area contributed by atoms with Crippen LogP contribution in [0.1, 0.15) is 49.6 Å². The molecule has 1 fully saturated rings. The van der Waals surface area contributed by atoms with Crippen molar-refractivity contribution >= 4 is 11.8 Å². The smallest absolute Gasteiger partial charge is 0.0665 e. The van der Waals surface area contributed by atoms with E-state index in [4.69, 9.17) is 0 Å². The highest BCUT2D eigenvalue weighted by atomic mass is 32.2. The van der Waals surface area contributed by atoms with Crippen molar-refractivity contribution in [3.63, 3.8) is 0 Å². The van der Waals surface area contributed by atoms with Crippen molar-refractivity contribution in [2.45, 2.75) is 44.0 Å². The molecular formula is C14H19NOS. The average molecular weight is 249 g/mol. The van der Waals surface area contributed by atoms with Crippen LogP contribution in [0.3, 0.4) is 0 Å². The van der Waals surface area contributed by atoms with E-state index in [1.807, 2.05) is 11.8 Å². The first-order valence-electron chi connectivity index (χ1n) is 6.11. The third kappa shape index (κ3) is 1.49. The Morgan fingerprint density at radius 1 is 1.18 bits per heavy atom. The molecule has 0 radical (unpaired) electrons. The number of hydrogen-bond acceptors (Lipinski definition) is 3. The number of hydrogen-bond donors (Lipinski definition) is 1. The molecule has 1 atom stereocenters. The second-order valence-electron chi connectivity index (χ2n) is 6.06. The van der Waals surface area contributed by atoms with E-state index in [2.05, 4.69) is 45.9 Å². The summed E-state index contributed by atoms with van der Waals surface area (Å²) < 4.78 is 0. The van der Waals surface area contributed by atoms with E-state index >= 15 is 0 Å². The summed E-state index contributed by atoms with van der Waals surface area (Å²) in [6, 6.07) is 6.71. The van der Waals surface area contributed by atoms with Gasteiger partial charge in [-0.1, -0.05) is 18.2 Å². The maximum absolute atomic E-state index is 10.4. The molecule has 2 heterocycles. The van der Waals surface area contributed by atoms with Crippen molar-refractivity contribution in [3.05, 3.63) is 34.9 Å². The predicted molar refractivity (Wildman–Crippen MR) is 71.3 cm³/mol. The van der Waals surface area contributed by atoms with Crippen molar-refractivity contribution in [3.8, 4) is 0 Å². The van der Waals surface area contributed by atoms with Gasteiger partial charge in [0.05, 0.1) is 11.1 Å². The highest BCUT2D eigenvalue weighted by Crippen LogP contribution is 2.51. The van der Waals surface area contributed by atoms with Crippen molar-refractivity contribution in [2.24, 2.45) is 0 Å². The second-order valence-corrected chi connectivity index (χ2v) is 7.29. The third-order valence-corrected chi connectivity index (χ3v) is 5.06. The molecule has 1 saturated heterocycles. The SMILES string of the molecule is CC1(C)c2ccc(C3CS3)cc2C(C)(C)N1O. The lowest BCUT2D eigenvalue weighted by Crippen LogP contribution is -2.42. The lowest BCUT2D eigenvalue weighted by Gasteiger charge is -2.34. The van der Waals surface area contributed by atoms with E-state index in [0.29, 0.717) is 5.25 Å². The van der Waals surface area contributed by atoms with E-state index in [-0.39, 0.29) is 11.1 Å². The van der Waals surface area contributed by atoms with Gasteiger partial charge < -0.3 is 5.21 Å². The van der Waals surface area contributed by atoms with Gasteiger partial charge in [0, 0.05) is 11.0 Å². The van der Waals surface area contributed by atoms with Gasteiger partial charge >= 0.3 is 0 Å². The Labute approximate surface area is 107 Å². The van der Waals surface area contributed by atoms with Crippen molar-refractivity contribution in [1.82, 2.24) is 5.06 Å². The predicted octanol–water partition coefficient (Wildman–Crippen LogP) is 3.65. The molecule has 3 heteroatoms. The van der Waals surface area contributed by atoms with Crippen LogP contribution in [0.2, 0.25) is 0 Å². The second kappa shape index (κ2) is 3.28. The molecule has 0 amide bonds. The first-order chi connectivity index (χ1) is 7.85. The number of benzene rings is 1. The third-order valence-electron chi connectivity index (χ3n) is 4.13. The van der Waals surface area contributed by atoms with E-state index in [1.54, 1.807) is 0 Å². The molecule has 1 aromatic carbocycles. The Morgan fingerprint density at radius 3 is 2.35 bits per heavy atom. The minimum Gasteiger partial charge on any atom is -0.312 e. The fraction of sp³-hybridized carbons (Fsp3) is 0.571. The Morgan fingerprint density at radius 2 is 1.76 bits per heavy atom. The van der Waals surface area contributed by atoms with Crippen LogP contribution in [0.25, 0.3) is 0 Å². The Hall–Kier alpha value is -0.510. The summed E-state index contributed by atoms with van der Waals surface area (Å²) in [6.45, 7) is 8.33. The molecule has 92 valence electrons. The minimum atomic E-state index is -0.298. The first-order valence-corrected chi connectivity index (χ1v) is 7.16. The fourth-order valence-corrected chi connectivity index (χ4v) is 3.60. The zero-order chi connectivity index (χ0) is 12.4. The van der Waals surface area contributed by atoms with Crippen molar-refractivity contribution in [1.29, 1.82) is 0 Å². The summed E-state index contributed by atoms with van der Waals surface area (Å²) in [4.78, 5) is 0. The normalized spacial score (nSPS) is 29.1. The minimum absolute atomic E-state index is 0.297. The molecule has 1 unspecified atom stereocenters. The molecule has 0 saturated carbocycles. The van der Waals surface area contributed by atoms with Gasteiger partial charge in [-0.05, 0) is 44.4 Å². The van der Waals surface area contributed by atoms with E-state index in [1.165, 1.54) is 27.5 Å². The molecule has 0 bridgehead atoms. The van der Waals surface area contributed by atoms with Gasteiger partial charge in [-0.25, -0.2) is 0 Å². The highest BCUT2D eigenvalue weighted by Gasteiger charge is 2.49. The molecule has 1 N–H and O–H groups in total. The molecule has 2 nitrogen and oxygen atoms in total. The zero-order valence-electron chi connectivity index (χ0n) is 10.8. The van der Waals surface area contributed by atoms with Crippen LogP contribution >= 0.6 is 11.8 Å². The van der Waals surface area contributed by atoms with Crippen LogP contribution in [0.5, 0.6) is 0 Å². The zero-order valence-corrected chi connectivity index (χ0v) is 11.6. The van der Waals surface area contributed by atoms with Crippen LogP contribution in [-0.4, -0.2) is 16.0 Å². The van der Waals surface area contributed by atoms with Crippen molar-refractivity contribution < 1.29 is 5.21 Å². The van der Waals surface area contributed by atoms with Crippen LogP contribution in [-0.2, 0) is 11.1 Å². The monoisotopic (exact) mass is 249 g/mol. The van der Waals surface area contributed by atoms with Crippen molar-refractivity contribution in [2.75, 3.05) is 5.75 Å². The molecule has 0 spiro atoms. The van der Waals surface area contributed by atoms with Crippen LogP contribution in [0.15, 0.2) is 18.2 Å². The average Bonchev–Trinajstić information content (AvgIpc) is 3.08. The lowest BCUT2D eigenvalue weighted by molar-refractivity contribution is -0.216. The molecule has 0 aliphatic carbocycles. The molecule has 2 aliphatic rings. The van der Waals surface area contributed by atoms with Gasteiger partial charge in [0.2, 0.25) is 0 Å². The molecule has 0 aromatic heterocycles. The Balaban J connectivity index is 2.17. The standard InChI is InChI=1S/C14H19NOS/c1-13(2)10-6-5-9(12-8-17-12)7-11(10)14(3,4)15(13)16/h5-7,12,16H,8H2,1-4H3. The number of nitrogens with zero attached hydrogens (tertiary/aromatic N) is 1. The van der Waals surface area contributed by atoms with Crippen LogP contribution in [0.4, 0.5) is 0 Å². The first kappa shape index (κ1) is 11.6. The van der Waals surface area contributed by atoms with Crippen LogP contribution < -0.4 is 0 Å². The van der Waals surface area contributed by atoms with Gasteiger partial charge in [0.15, 0.2) is 0 Å². The molecule has 17 heavy (non-hydrogen) atoms. The van der Waals surface area contributed by atoms with Gasteiger partial charge in [-0.15, -0.1) is 0 Å². The van der Waals surface area contributed by atoms with Gasteiger partial charge in [0.25, 0.3) is 0 Å². The maximum Gasteiger partial charge on any atom is 0.0665 e. The van der Waals surface area contributed by atoms with Gasteiger partial charge in [-0.3, -0.25) is 0 Å². The van der Waals surface area contributed by atoms with Gasteiger partial charge in [-0.2, -0.15) is 16.8 Å². The fourth-order valence-electron chi connectivity index (χ4n) is 2.97. The Bertz CT molecular complexity index is 477. The van der Waals surface area contributed by atoms with Gasteiger partial charge in [0.1, 0.15) is 0 Å². The summed E-state index contributed by atoms with van der Waals surface area (Å²) in [5.41, 5.74) is 3.34. The number of fused-ring (bicyclic) bond motifs is 1. The maximum atomic E-state index is 10.4.